The van der Waals surface area contributed by atoms with Gasteiger partial charge in [-0.1, -0.05) is 103 Å². The largest absolute Gasteiger partial charge is 0.451 e. The lowest BCUT2D eigenvalue weighted by molar-refractivity contribution is -0.142. The Hall–Kier alpha value is -0.0500. The van der Waals surface area contributed by atoms with Crippen molar-refractivity contribution in [3.05, 3.63) is 0 Å². The molecule has 0 fully saturated rings. The molecule has 2 nitrogen and oxygen atoms in total. The third-order valence-electron chi connectivity index (χ3n) is 4.58. The Labute approximate surface area is 159 Å². The van der Waals surface area contributed by atoms with Gasteiger partial charge in [0.1, 0.15) is 0 Å². The molecule has 0 aromatic heterocycles. The van der Waals surface area contributed by atoms with Crippen molar-refractivity contribution in [2.75, 3.05) is 0 Å². The number of alkyl halides is 1. The minimum absolute atomic E-state index is 0.0957. The van der Waals surface area contributed by atoms with Crippen LogP contribution in [0.3, 0.4) is 0 Å². The molecule has 0 rings (SSSR count). The van der Waals surface area contributed by atoms with Crippen molar-refractivity contribution >= 4 is 21.9 Å². The van der Waals surface area contributed by atoms with Crippen molar-refractivity contribution < 1.29 is 9.53 Å². The van der Waals surface area contributed by atoms with Crippen molar-refractivity contribution in [1.29, 1.82) is 0 Å². The minimum Gasteiger partial charge on any atom is -0.451 e. The van der Waals surface area contributed by atoms with E-state index in [0.29, 0.717) is 0 Å². The quantitative estimate of drug-likeness (QED) is 0.131. The number of carbonyl (C=O) groups is 1. The molecule has 144 valence electrons. The van der Waals surface area contributed by atoms with Gasteiger partial charge >= 0.3 is 5.97 Å². The maximum Gasteiger partial charge on any atom is 0.303 e. The van der Waals surface area contributed by atoms with Crippen LogP contribution in [-0.2, 0) is 9.53 Å². The molecule has 0 aliphatic rings. The second kappa shape index (κ2) is 19.3. The SMILES string of the molecule is CCCCCCCCCCCCCCCCCCC(Br)OC(C)=O. The van der Waals surface area contributed by atoms with Gasteiger partial charge in [-0.2, -0.15) is 0 Å². The second-order valence-corrected chi connectivity index (χ2v) is 8.13. The van der Waals surface area contributed by atoms with Gasteiger partial charge in [-0.3, -0.25) is 4.79 Å². The summed E-state index contributed by atoms with van der Waals surface area (Å²) in [7, 11) is 0. The Morgan fingerprint density at radius 3 is 1.38 bits per heavy atom. The zero-order chi connectivity index (χ0) is 17.9. The highest BCUT2D eigenvalue weighted by atomic mass is 79.9. The van der Waals surface area contributed by atoms with E-state index in [-0.39, 0.29) is 11.0 Å². The standard InChI is InChI=1S/C21H41BrO2/c1-3-4-5-6-7-8-9-10-11-12-13-14-15-16-17-18-19-21(22)24-20(2)23/h21H,3-19H2,1-2H3. The second-order valence-electron chi connectivity index (χ2n) is 7.11. The van der Waals surface area contributed by atoms with Crippen LogP contribution in [0, 0.1) is 0 Å². The Morgan fingerprint density at radius 2 is 1.04 bits per heavy atom. The predicted molar refractivity (Wildman–Crippen MR) is 109 cm³/mol. The van der Waals surface area contributed by atoms with E-state index >= 15 is 0 Å². The summed E-state index contributed by atoms with van der Waals surface area (Å²) in [5.41, 5.74) is 0. The van der Waals surface area contributed by atoms with Gasteiger partial charge in [-0.15, -0.1) is 0 Å². The van der Waals surface area contributed by atoms with Crippen LogP contribution in [0.2, 0.25) is 0 Å². The molecule has 0 aliphatic carbocycles. The third-order valence-corrected chi connectivity index (χ3v) is 5.22. The fourth-order valence-electron chi connectivity index (χ4n) is 3.09. The lowest BCUT2D eigenvalue weighted by atomic mass is 10.0. The van der Waals surface area contributed by atoms with E-state index in [1.54, 1.807) is 0 Å². The number of rotatable bonds is 18. The highest BCUT2D eigenvalue weighted by Gasteiger charge is 2.06. The molecule has 0 aliphatic heterocycles. The van der Waals surface area contributed by atoms with Crippen LogP contribution >= 0.6 is 15.9 Å². The van der Waals surface area contributed by atoms with Gasteiger partial charge in [0.15, 0.2) is 5.01 Å². The average Bonchev–Trinajstić information content (AvgIpc) is 2.53. The zero-order valence-corrected chi connectivity index (χ0v) is 17.9. The summed E-state index contributed by atoms with van der Waals surface area (Å²) in [6, 6.07) is 0. The Kier molecular flexibility index (Phi) is 19.2. The van der Waals surface area contributed by atoms with Gasteiger partial charge in [0.25, 0.3) is 0 Å². The predicted octanol–water partition coefficient (Wildman–Crippen LogP) is 7.92. The van der Waals surface area contributed by atoms with Crippen LogP contribution in [0.1, 0.15) is 123 Å². The van der Waals surface area contributed by atoms with Crippen LogP contribution in [0.15, 0.2) is 0 Å². The van der Waals surface area contributed by atoms with Gasteiger partial charge in [-0.05, 0) is 28.8 Å². The summed E-state index contributed by atoms with van der Waals surface area (Å²) in [4.78, 5) is 10.8. The van der Waals surface area contributed by atoms with Crippen molar-refractivity contribution in [2.45, 2.75) is 128 Å². The minimum atomic E-state index is -0.201. The van der Waals surface area contributed by atoms with Gasteiger partial charge in [0, 0.05) is 6.92 Å². The Balaban J connectivity index is 3.06. The molecule has 0 heterocycles. The number of hydrogen-bond acceptors (Lipinski definition) is 2. The van der Waals surface area contributed by atoms with E-state index in [2.05, 4.69) is 22.9 Å². The first-order chi connectivity index (χ1) is 11.7. The summed E-state index contributed by atoms with van der Waals surface area (Å²) in [6.45, 7) is 3.74. The molecule has 0 aromatic carbocycles. The molecule has 1 unspecified atom stereocenters. The summed E-state index contributed by atoms with van der Waals surface area (Å²) in [6.07, 6.45) is 23.1. The molecule has 0 radical (unpaired) electrons. The Bertz CT molecular complexity index is 269. The normalized spacial score (nSPS) is 12.3. The van der Waals surface area contributed by atoms with E-state index in [4.69, 9.17) is 4.74 Å². The third kappa shape index (κ3) is 20.0. The van der Waals surface area contributed by atoms with Crippen molar-refractivity contribution in [2.24, 2.45) is 0 Å². The molecule has 0 amide bonds. The van der Waals surface area contributed by atoms with Crippen LogP contribution in [-0.4, -0.2) is 11.0 Å². The van der Waals surface area contributed by atoms with Gasteiger partial charge in [-0.25, -0.2) is 0 Å². The maximum absolute atomic E-state index is 10.8. The van der Waals surface area contributed by atoms with Crippen LogP contribution in [0.25, 0.3) is 0 Å². The van der Waals surface area contributed by atoms with Crippen molar-refractivity contribution in [3.63, 3.8) is 0 Å². The smallest absolute Gasteiger partial charge is 0.303 e. The molecule has 0 N–H and O–H groups in total. The number of esters is 1. The summed E-state index contributed by atoms with van der Waals surface area (Å²) in [5.74, 6) is -0.201. The molecule has 0 aromatic rings. The molecular weight excluding hydrogens is 364 g/mol. The Morgan fingerprint density at radius 1 is 0.708 bits per heavy atom. The van der Waals surface area contributed by atoms with Crippen molar-refractivity contribution in [3.8, 4) is 0 Å². The molecular formula is C21H41BrO2. The summed E-state index contributed by atoms with van der Waals surface area (Å²) in [5, 5.41) is -0.0957. The lowest BCUT2D eigenvalue weighted by Gasteiger charge is -2.09. The van der Waals surface area contributed by atoms with Crippen LogP contribution in [0.5, 0.6) is 0 Å². The fraction of sp³-hybridized carbons (Fsp3) is 0.952. The number of ether oxygens (including phenoxy) is 1. The van der Waals surface area contributed by atoms with Crippen molar-refractivity contribution in [1.82, 2.24) is 0 Å². The topological polar surface area (TPSA) is 26.3 Å². The number of hydrogen-bond donors (Lipinski definition) is 0. The molecule has 0 saturated carbocycles. The van der Waals surface area contributed by atoms with Gasteiger partial charge < -0.3 is 4.74 Å². The van der Waals surface area contributed by atoms with E-state index in [1.165, 1.54) is 103 Å². The molecule has 0 saturated heterocycles. The van der Waals surface area contributed by atoms with E-state index < -0.39 is 0 Å². The van der Waals surface area contributed by atoms with Crippen LogP contribution < -0.4 is 0 Å². The number of unbranched alkanes of at least 4 members (excludes halogenated alkanes) is 15. The molecule has 24 heavy (non-hydrogen) atoms. The highest BCUT2D eigenvalue weighted by Crippen LogP contribution is 2.16. The first-order valence-corrected chi connectivity index (χ1v) is 11.4. The first kappa shape index (κ1) is 23.9. The molecule has 1 atom stereocenters. The summed E-state index contributed by atoms with van der Waals surface area (Å²) >= 11 is 3.38. The number of halogens is 1. The van der Waals surface area contributed by atoms with Gasteiger partial charge in [0.05, 0.1) is 0 Å². The molecule has 0 spiro atoms. The average molecular weight is 405 g/mol. The van der Waals surface area contributed by atoms with Crippen LogP contribution in [0.4, 0.5) is 0 Å². The van der Waals surface area contributed by atoms with E-state index in [0.717, 1.165) is 12.8 Å². The number of carbonyl (C=O) groups excluding carboxylic acids is 1. The maximum atomic E-state index is 10.8. The first-order valence-electron chi connectivity index (χ1n) is 10.5. The fourth-order valence-corrected chi connectivity index (χ4v) is 3.68. The lowest BCUT2D eigenvalue weighted by Crippen LogP contribution is -2.08. The van der Waals surface area contributed by atoms with Gasteiger partial charge in [0.2, 0.25) is 0 Å². The van der Waals surface area contributed by atoms with E-state index in [1.807, 2.05) is 0 Å². The monoisotopic (exact) mass is 404 g/mol. The zero-order valence-electron chi connectivity index (χ0n) is 16.3. The molecule has 3 heteroatoms. The molecule has 0 bridgehead atoms. The summed E-state index contributed by atoms with van der Waals surface area (Å²) < 4.78 is 5.05. The highest BCUT2D eigenvalue weighted by molar-refractivity contribution is 9.09. The van der Waals surface area contributed by atoms with E-state index in [9.17, 15) is 4.79 Å².